The second kappa shape index (κ2) is 5.82. The van der Waals surface area contributed by atoms with Gasteiger partial charge in [0.1, 0.15) is 5.82 Å². The van der Waals surface area contributed by atoms with E-state index in [1.807, 2.05) is 0 Å². The van der Waals surface area contributed by atoms with Crippen molar-refractivity contribution in [3.63, 3.8) is 0 Å². The summed E-state index contributed by atoms with van der Waals surface area (Å²) in [7, 11) is 0. The van der Waals surface area contributed by atoms with Crippen LogP contribution >= 0.6 is 0 Å². The molecule has 1 N–H and O–H groups in total. The third-order valence-corrected chi connectivity index (χ3v) is 3.75. The number of halogens is 1. The monoisotopic (exact) mass is 290 g/mol. The van der Waals surface area contributed by atoms with E-state index in [1.165, 1.54) is 12.1 Å². The topological polar surface area (TPSA) is 64.3 Å². The van der Waals surface area contributed by atoms with E-state index in [-0.39, 0.29) is 30.7 Å². The molecule has 0 radical (unpaired) electrons. The summed E-state index contributed by atoms with van der Waals surface area (Å²) in [6, 6.07) is 7.81. The minimum absolute atomic E-state index is 0.105. The SMILES string of the molecule is CC(C)(C#N)CC(=O)N1CC(O)CC1c1ccc(F)cc1. The van der Waals surface area contributed by atoms with Gasteiger partial charge >= 0.3 is 0 Å². The van der Waals surface area contributed by atoms with Crippen molar-refractivity contribution in [1.29, 1.82) is 5.26 Å². The van der Waals surface area contributed by atoms with Crippen molar-refractivity contribution in [2.45, 2.75) is 38.8 Å². The molecular formula is C16H19FN2O2. The molecule has 5 heteroatoms. The van der Waals surface area contributed by atoms with Crippen molar-refractivity contribution >= 4 is 5.91 Å². The van der Waals surface area contributed by atoms with Crippen molar-refractivity contribution in [3.8, 4) is 6.07 Å². The molecule has 0 aliphatic carbocycles. The molecule has 4 nitrogen and oxygen atoms in total. The Morgan fingerprint density at radius 3 is 2.67 bits per heavy atom. The van der Waals surface area contributed by atoms with Crippen LogP contribution in [0.3, 0.4) is 0 Å². The van der Waals surface area contributed by atoms with Gasteiger partial charge in [-0.2, -0.15) is 5.26 Å². The number of likely N-dealkylation sites (tertiary alicyclic amines) is 1. The zero-order valence-electron chi connectivity index (χ0n) is 12.2. The average Bonchev–Trinajstić information content (AvgIpc) is 2.81. The van der Waals surface area contributed by atoms with Crippen LogP contribution < -0.4 is 0 Å². The van der Waals surface area contributed by atoms with Gasteiger partial charge in [-0.1, -0.05) is 12.1 Å². The maximum atomic E-state index is 13.0. The smallest absolute Gasteiger partial charge is 0.224 e. The number of β-amino-alcohol motifs (C(OH)–C–C–N with tert-alkyl or cyclic N) is 1. The van der Waals surface area contributed by atoms with Gasteiger partial charge in [-0.3, -0.25) is 4.79 Å². The standard InChI is InChI=1S/C16H19FN2O2/c1-16(2,10-18)8-15(21)19-9-13(20)7-14(19)11-3-5-12(17)6-4-11/h3-6,13-14,20H,7-9H2,1-2H3. The number of benzene rings is 1. The third-order valence-electron chi connectivity index (χ3n) is 3.75. The van der Waals surface area contributed by atoms with Gasteiger partial charge in [-0.05, 0) is 38.0 Å². The second-order valence-electron chi connectivity index (χ2n) is 6.18. The predicted octanol–water partition coefficient (Wildman–Crippen LogP) is 2.40. The van der Waals surface area contributed by atoms with Crippen LogP contribution in [0.25, 0.3) is 0 Å². The number of hydrogen-bond donors (Lipinski definition) is 1. The first-order chi connectivity index (χ1) is 9.82. The van der Waals surface area contributed by atoms with Crippen LogP contribution in [0.5, 0.6) is 0 Å². The van der Waals surface area contributed by atoms with Crippen LogP contribution in [0.1, 0.15) is 38.3 Å². The molecule has 0 saturated carbocycles. The lowest BCUT2D eigenvalue weighted by atomic mass is 9.90. The van der Waals surface area contributed by atoms with Gasteiger partial charge in [0.2, 0.25) is 5.91 Å². The first-order valence-corrected chi connectivity index (χ1v) is 6.96. The Morgan fingerprint density at radius 1 is 1.48 bits per heavy atom. The normalized spacial score (nSPS) is 22.1. The highest BCUT2D eigenvalue weighted by Gasteiger charge is 2.37. The Kier molecular flexibility index (Phi) is 4.29. The van der Waals surface area contributed by atoms with Crippen molar-refractivity contribution in [2.75, 3.05) is 6.54 Å². The highest BCUT2D eigenvalue weighted by Crippen LogP contribution is 2.34. The molecule has 0 spiro atoms. The Bertz CT molecular complexity index is 563. The number of nitriles is 1. The molecule has 21 heavy (non-hydrogen) atoms. The zero-order chi connectivity index (χ0) is 15.6. The van der Waals surface area contributed by atoms with Gasteiger partial charge in [-0.25, -0.2) is 4.39 Å². The molecule has 1 fully saturated rings. The fourth-order valence-electron chi connectivity index (χ4n) is 2.61. The minimum atomic E-state index is -0.738. The van der Waals surface area contributed by atoms with Crippen molar-refractivity contribution in [2.24, 2.45) is 5.41 Å². The lowest BCUT2D eigenvalue weighted by molar-refractivity contribution is -0.133. The second-order valence-corrected chi connectivity index (χ2v) is 6.18. The summed E-state index contributed by atoms with van der Waals surface area (Å²) in [5.41, 5.74) is 0.0638. The van der Waals surface area contributed by atoms with Crippen molar-refractivity contribution < 1.29 is 14.3 Å². The molecule has 112 valence electrons. The van der Waals surface area contributed by atoms with E-state index < -0.39 is 11.5 Å². The average molecular weight is 290 g/mol. The molecule has 1 aliphatic heterocycles. The largest absolute Gasteiger partial charge is 0.391 e. The first kappa shape index (κ1) is 15.5. The van der Waals surface area contributed by atoms with Crippen LogP contribution in [-0.2, 0) is 4.79 Å². The number of carbonyl (C=O) groups is 1. The molecule has 2 unspecified atom stereocenters. The predicted molar refractivity (Wildman–Crippen MR) is 75.5 cm³/mol. The van der Waals surface area contributed by atoms with Crippen LogP contribution in [-0.4, -0.2) is 28.6 Å². The Hall–Kier alpha value is -1.93. The van der Waals surface area contributed by atoms with E-state index >= 15 is 0 Å². The summed E-state index contributed by atoms with van der Waals surface area (Å²) in [5, 5.41) is 18.9. The minimum Gasteiger partial charge on any atom is -0.391 e. The summed E-state index contributed by atoms with van der Waals surface area (Å²) < 4.78 is 13.0. The van der Waals surface area contributed by atoms with Crippen LogP contribution in [0.4, 0.5) is 4.39 Å². The molecule has 1 heterocycles. The Morgan fingerprint density at radius 2 is 2.10 bits per heavy atom. The fraction of sp³-hybridized carbons (Fsp3) is 0.500. The maximum Gasteiger partial charge on any atom is 0.224 e. The maximum absolute atomic E-state index is 13.0. The number of hydrogen-bond acceptors (Lipinski definition) is 3. The number of carbonyl (C=O) groups excluding carboxylic acids is 1. The first-order valence-electron chi connectivity index (χ1n) is 6.96. The molecule has 1 amide bonds. The van der Waals surface area contributed by atoms with Gasteiger partial charge in [0.25, 0.3) is 0 Å². The Balaban J connectivity index is 2.19. The summed E-state index contributed by atoms with van der Waals surface area (Å²) in [5.74, 6) is -0.492. The van der Waals surface area contributed by atoms with Crippen LogP contribution in [0.15, 0.2) is 24.3 Å². The van der Waals surface area contributed by atoms with Gasteiger partial charge in [0, 0.05) is 13.0 Å². The molecule has 0 bridgehead atoms. The summed E-state index contributed by atoms with van der Waals surface area (Å²) >= 11 is 0. The van der Waals surface area contributed by atoms with Gasteiger partial charge < -0.3 is 10.0 Å². The molecule has 1 saturated heterocycles. The molecule has 1 aliphatic rings. The molecular weight excluding hydrogens is 271 g/mol. The van der Waals surface area contributed by atoms with Gasteiger partial charge in [0.05, 0.1) is 23.6 Å². The summed E-state index contributed by atoms with van der Waals surface area (Å²) in [6.07, 6.45) is -0.0488. The van der Waals surface area contributed by atoms with E-state index in [0.717, 1.165) is 5.56 Å². The van der Waals surface area contributed by atoms with E-state index in [9.17, 15) is 14.3 Å². The van der Waals surface area contributed by atoms with E-state index in [2.05, 4.69) is 6.07 Å². The molecule has 2 atom stereocenters. The van der Waals surface area contributed by atoms with Crippen molar-refractivity contribution in [1.82, 2.24) is 4.90 Å². The number of rotatable bonds is 3. The quantitative estimate of drug-likeness (QED) is 0.929. The zero-order valence-corrected chi connectivity index (χ0v) is 12.2. The van der Waals surface area contributed by atoms with Crippen molar-refractivity contribution in [3.05, 3.63) is 35.6 Å². The number of aliphatic hydroxyl groups is 1. The van der Waals surface area contributed by atoms with Crippen LogP contribution in [0, 0.1) is 22.6 Å². The molecule has 0 aromatic heterocycles. The number of aliphatic hydroxyl groups excluding tert-OH is 1. The molecule has 1 aromatic carbocycles. The molecule has 2 rings (SSSR count). The summed E-state index contributed by atoms with van der Waals surface area (Å²) in [4.78, 5) is 14.0. The lowest BCUT2D eigenvalue weighted by Crippen LogP contribution is -2.34. The summed E-state index contributed by atoms with van der Waals surface area (Å²) in [6.45, 7) is 3.68. The third kappa shape index (κ3) is 3.59. The van der Waals surface area contributed by atoms with Gasteiger partial charge in [0.15, 0.2) is 0 Å². The van der Waals surface area contributed by atoms with Gasteiger partial charge in [-0.15, -0.1) is 0 Å². The Labute approximate surface area is 123 Å². The fourth-order valence-corrected chi connectivity index (χ4v) is 2.61. The number of nitrogens with zero attached hydrogens (tertiary/aromatic N) is 2. The molecule has 1 aromatic rings. The van der Waals surface area contributed by atoms with E-state index in [4.69, 9.17) is 5.26 Å². The van der Waals surface area contributed by atoms with E-state index in [1.54, 1.807) is 30.9 Å². The van der Waals surface area contributed by atoms with Crippen LogP contribution in [0.2, 0.25) is 0 Å². The number of amides is 1. The highest BCUT2D eigenvalue weighted by molar-refractivity contribution is 5.78. The lowest BCUT2D eigenvalue weighted by Gasteiger charge is -2.27. The van der Waals surface area contributed by atoms with E-state index in [0.29, 0.717) is 6.42 Å². The highest BCUT2D eigenvalue weighted by atomic mass is 19.1.